The zero-order valence-electron chi connectivity index (χ0n) is 13.7. The normalized spacial score (nSPS) is 13.1. The van der Waals surface area contributed by atoms with Crippen molar-refractivity contribution in [2.75, 3.05) is 5.32 Å². The second-order valence-corrected chi connectivity index (χ2v) is 6.42. The molecule has 0 fully saturated rings. The standard InChI is InChI=1S/C16H25N5O/c1-12(6-5-9-16(2,3)22)18-14-8-7-13(19-20-14)15-17-10-11-21(15)4/h7-8,10-12,22H,5-6,9H2,1-4H3,(H,18,20)/t12-/m1/s1. The Labute approximate surface area is 131 Å². The molecule has 1 atom stereocenters. The second-order valence-electron chi connectivity index (χ2n) is 6.42. The molecule has 0 bridgehead atoms. The van der Waals surface area contributed by atoms with Gasteiger partial charge in [0.1, 0.15) is 11.5 Å². The van der Waals surface area contributed by atoms with Crippen molar-refractivity contribution in [2.24, 2.45) is 7.05 Å². The Hall–Kier alpha value is -1.95. The molecule has 0 saturated heterocycles. The number of imidazole rings is 1. The van der Waals surface area contributed by atoms with Crippen LogP contribution >= 0.6 is 0 Å². The number of aliphatic hydroxyl groups is 1. The zero-order chi connectivity index (χ0) is 16.2. The molecule has 2 N–H and O–H groups in total. The van der Waals surface area contributed by atoms with Gasteiger partial charge in [-0.05, 0) is 52.2 Å². The first kappa shape index (κ1) is 16.4. The van der Waals surface area contributed by atoms with Gasteiger partial charge in [-0.15, -0.1) is 10.2 Å². The SMILES string of the molecule is C[C@H](CCCC(C)(C)O)Nc1ccc(-c2nccn2C)nn1. The quantitative estimate of drug-likeness (QED) is 0.822. The van der Waals surface area contributed by atoms with Crippen LogP contribution in [0.15, 0.2) is 24.5 Å². The Bertz CT molecular complexity index is 585. The van der Waals surface area contributed by atoms with Crippen molar-refractivity contribution in [3.8, 4) is 11.5 Å². The number of anilines is 1. The van der Waals surface area contributed by atoms with Crippen LogP contribution in [0.4, 0.5) is 5.82 Å². The van der Waals surface area contributed by atoms with Gasteiger partial charge in [0.2, 0.25) is 0 Å². The predicted molar refractivity (Wildman–Crippen MR) is 87.5 cm³/mol. The fraction of sp³-hybridized carbons (Fsp3) is 0.562. The first-order chi connectivity index (χ1) is 10.3. The van der Waals surface area contributed by atoms with Crippen molar-refractivity contribution in [3.05, 3.63) is 24.5 Å². The third-order valence-corrected chi connectivity index (χ3v) is 3.53. The average molecular weight is 303 g/mol. The number of hydrogen-bond acceptors (Lipinski definition) is 5. The average Bonchev–Trinajstić information content (AvgIpc) is 2.84. The molecular weight excluding hydrogens is 278 g/mol. The molecule has 6 nitrogen and oxygen atoms in total. The van der Waals surface area contributed by atoms with Crippen LogP contribution in [0.5, 0.6) is 0 Å². The number of aromatic nitrogens is 4. The third kappa shape index (κ3) is 4.80. The van der Waals surface area contributed by atoms with E-state index in [9.17, 15) is 5.11 Å². The molecule has 2 rings (SSSR count). The highest BCUT2D eigenvalue weighted by Crippen LogP contribution is 2.17. The van der Waals surface area contributed by atoms with E-state index >= 15 is 0 Å². The summed E-state index contributed by atoms with van der Waals surface area (Å²) in [6.45, 7) is 5.79. The second kappa shape index (κ2) is 6.87. The van der Waals surface area contributed by atoms with Crippen molar-refractivity contribution >= 4 is 5.82 Å². The van der Waals surface area contributed by atoms with Gasteiger partial charge >= 0.3 is 0 Å². The molecule has 0 aliphatic carbocycles. The molecule has 0 aliphatic rings. The number of aryl methyl sites for hydroxylation is 1. The van der Waals surface area contributed by atoms with E-state index in [-0.39, 0.29) is 6.04 Å². The summed E-state index contributed by atoms with van der Waals surface area (Å²) in [7, 11) is 1.93. The summed E-state index contributed by atoms with van der Waals surface area (Å²) in [5.41, 5.74) is 0.163. The molecule has 2 aromatic heterocycles. The van der Waals surface area contributed by atoms with E-state index in [4.69, 9.17) is 0 Å². The number of nitrogens with zero attached hydrogens (tertiary/aromatic N) is 4. The first-order valence-corrected chi connectivity index (χ1v) is 7.65. The summed E-state index contributed by atoms with van der Waals surface area (Å²) in [6.07, 6.45) is 6.37. The lowest BCUT2D eigenvalue weighted by Crippen LogP contribution is -2.21. The van der Waals surface area contributed by atoms with Gasteiger partial charge in [0.05, 0.1) is 5.60 Å². The van der Waals surface area contributed by atoms with Crippen molar-refractivity contribution < 1.29 is 5.11 Å². The van der Waals surface area contributed by atoms with Crippen molar-refractivity contribution in [1.82, 2.24) is 19.7 Å². The Morgan fingerprint density at radius 1 is 1.32 bits per heavy atom. The molecule has 2 aromatic rings. The molecule has 2 heterocycles. The summed E-state index contributed by atoms with van der Waals surface area (Å²) >= 11 is 0. The number of hydrogen-bond donors (Lipinski definition) is 2. The predicted octanol–water partition coefficient (Wildman–Crippen LogP) is 2.62. The summed E-state index contributed by atoms with van der Waals surface area (Å²) in [5, 5.41) is 21.5. The number of rotatable bonds is 7. The fourth-order valence-corrected chi connectivity index (χ4v) is 2.31. The van der Waals surface area contributed by atoms with Crippen molar-refractivity contribution in [1.29, 1.82) is 0 Å². The Morgan fingerprint density at radius 2 is 2.09 bits per heavy atom. The van der Waals surface area contributed by atoms with Crippen LogP contribution in [-0.2, 0) is 7.05 Å². The molecule has 0 amide bonds. The van der Waals surface area contributed by atoms with Crippen LogP contribution in [-0.4, -0.2) is 36.5 Å². The smallest absolute Gasteiger partial charge is 0.160 e. The number of nitrogens with one attached hydrogen (secondary N) is 1. The summed E-state index contributed by atoms with van der Waals surface area (Å²) in [5.74, 6) is 1.56. The van der Waals surface area contributed by atoms with E-state index < -0.39 is 5.60 Å². The molecule has 0 radical (unpaired) electrons. The highest BCUT2D eigenvalue weighted by Gasteiger charge is 2.13. The van der Waals surface area contributed by atoms with Crippen LogP contribution in [0.25, 0.3) is 11.5 Å². The Balaban J connectivity index is 1.87. The summed E-state index contributed by atoms with van der Waals surface area (Å²) in [6, 6.07) is 4.13. The lowest BCUT2D eigenvalue weighted by atomic mass is 10.00. The highest BCUT2D eigenvalue weighted by molar-refractivity contribution is 5.51. The Kier molecular flexibility index (Phi) is 5.13. The van der Waals surface area contributed by atoms with Gasteiger partial charge < -0.3 is 15.0 Å². The van der Waals surface area contributed by atoms with Gasteiger partial charge in [0.25, 0.3) is 0 Å². The van der Waals surface area contributed by atoms with Crippen LogP contribution in [0.1, 0.15) is 40.0 Å². The van der Waals surface area contributed by atoms with E-state index in [0.717, 1.165) is 36.6 Å². The Morgan fingerprint density at radius 3 is 2.64 bits per heavy atom. The molecule has 0 saturated carbocycles. The topological polar surface area (TPSA) is 75.9 Å². The van der Waals surface area contributed by atoms with Crippen LogP contribution in [0.2, 0.25) is 0 Å². The molecule has 22 heavy (non-hydrogen) atoms. The first-order valence-electron chi connectivity index (χ1n) is 7.65. The maximum atomic E-state index is 9.71. The van der Waals surface area contributed by atoms with Crippen molar-refractivity contribution in [3.63, 3.8) is 0 Å². The molecule has 0 unspecified atom stereocenters. The van der Waals surface area contributed by atoms with Gasteiger partial charge in [-0.2, -0.15) is 0 Å². The van der Waals surface area contributed by atoms with E-state index in [2.05, 4.69) is 27.4 Å². The van der Waals surface area contributed by atoms with Gasteiger partial charge in [-0.25, -0.2) is 4.98 Å². The molecule has 120 valence electrons. The zero-order valence-corrected chi connectivity index (χ0v) is 13.7. The van der Waals surface area contributed by atoms with E-state index in [1.807, 2.05) is 43.8 Å². The van der Waals surface area contributed by atoms with Gasteiger partial charge in [0, 0.05) is 25.5 Å². The van der Waals surface area contributed by atoms with Crippen LogP contribution < -0.4 is 5.32 Å². The summed E-state index contributed by atoms with van der Waals surface area (Å²) < 4.78 is 1.91. The van der Waals surface area contributed by atoms with E-state index in [0.29, 0.717) is 0 Å². The third-order valence-electron chi connectivity index (χ3n) is 3.53. The minimum atomic E-state index is -0.594. The van der Waals surface area contributed by atoms with Gasteiger partial charge in [0.15, 0.2) is 5.82 Å². The van der Waals surface area contributed by atoms with Gasteiger partial charge in [-0.3, -0.25) is 0 Å². The van der Waals surface area contributed by atoms with Gasteiger partial charge in [-0.1, -0.05) is 0 Å². The largest absolute Gasteiger partial charge is 0.390 e. The van der Waals surface area contributed by atoms with Crippen molar-refractivity contribution in [2.45, 2.75) is 51.7 Å². The monoisotopic (exact) mass is 303 g/mol. The minimum absolute atomic E-state index is 0.288. The van der Waals surface area contributed by atoms with E-state index in [1.165, 1.54) is 0 Å². The molecule has 0 spiro atoms. The molecule has 0 aliphatic heterocycles. The lowest BCUT2D eigenvalue weighted by molar-refractivity contribution is 0.0680. The minimum Gasteiger partial charge on any atom is -0.390 e. The van der Waals surface area contributed by atoms with E-state index in [1.54, 1.807) is 6.20 Å². The van der Waals surface area contributed by atoms with Crippen LogP contribution in [0, 0.1) is 0 Å². The maximum absolute atomic E-state index is 9.71. The summed E-state index contributed by atoms with van der Waals surface area (Å²) in [4.78, 5) is 4.26. The highest BCUT2D eigenvalue weighted by atomic mass is 16.3. The lowest BCUT2D eigenvalue weighted by Gasteiger charge is -2.19. The maximum Gasteiger partial charge on any atom is 0.160 e. The molecule has 6 heteroatoms. The molecule has 0 aromatic carbocycles. The van der Waals surface area contributed by atoms with Crippen LogP contribution in [0.3, 0.4) is 0 Å². The molecular formula is C16H25N5O. The fourth-order valence-electron chi connectivity index (χ4n) is 2.31.